The summed E-state index contributed by atoms with van der Waals surface area (Å²) in [6.07, 6.45) is 0.750. The molecule has 0 bridgehead atoms. The van der Waals surface area contributed by atoms with E-state index in [4.69, 9.17) is 15.1 Å². The van der Waals surface area contributed by atoms with Crippen molar-refractivity contribution in [2.24, 2.45) is 0 Å². The fraction of sp³-hybridized carbons (Fsp3) is 0.250. The fourth-order valence-electron chi connectivity index (χ4n) is 0.149. The van der Waals surface area contributed by atoms with Crippen LogP contribution in [0.3, 0.4) is 0 Å². The molecule has 0 aliphatic carbocycles. The van der Waals surface area contributed by atoms with Crippen LogP contribution < -0.4 is 0 Å². The highest BCUT2D eigenvalue weighted by molar-refractivity contribution is 8.52. The second-order valence-corrected chi connectivity index (χ2v) is 4.27. The molecule has 0 saturated carbocycles. The average molecular weight is 181 g/mol. The summed E-state index contributed by atoms with van der Waals surface area (Å²) in [5, 5.41) is 5.40. The largest absolute Gasteiger partial charge is 0.339 e. The molecule has 0 fully saturated rings. The molecule has 10 heavy (non-hydrogen) atoms. The Labute approximate surface area is 63.5 Å². The summed E-state index contributed by atoms with van der Waals surface area (Å²) in [6, 6.07) is 0. The Balaban J connectivity index is 0. The summed E-state index contributed by atoms with van der Waals surface area (Å²) in [7, 11) is -2.37. The van der Waals surface area contributed by atoms with Crippen LogP contribution in [0.25, 0.3) is 0 Å². The first-order valence-corrected chi connectivity index (χ1v) is 5.04. The van der Waals surface area contributed by atoms with E-state index in [2.05, 4.69) is 6.58 Å². The molecule has 4 nitrogen and oxygen atoms in total. The van der Waals surface area contributed by atoms with Crippen molar-refractivity contribution >= 4 is 24.7 Å². The van der Waals surface area contributed by atoms with Crippen molar-refractivity contribution in [3.8, 4) is 0 Å². The van der Waals surface area contributed by atoms with E-state index in [1.807, 2.05) is 0 Å². The van der Waals surface area contributed by atoms with Crippen molar-refractivity contribution in [3.63, 3.8) is 0 Å². The molecular formula is C4H8NO3PS. The van der Waals surface area contributed by atoms with Gasteiger partial charge >= 0.3 is 0 Å². The van der Waals surface area contributed by atoms with E-state index in [0.29, 0.717) is 4.91 Å². The highest BCUT2D eigenvalue weighted by Gasteiger charge is 1.89. The predicted octanol–water partition coefficient (Wildman–Crippen LogP) is 1.54. The van der Waals surface area contributed by atoms with Gasteiger partial charge in [0, 0.05) is 0 Å². The number of allylic oxidation sites excluding steroid dienone is 1. The Bertz CT molecular complexity index is 152. The molecule has 1 atom stereocenters. The van der Waals surface area contributed by atoms with Crippen molar-refractivity contribution in [3.05, 3.63) is 11.5 Å². The average Bonchev–Trinajstić information content (AvgIpc) is 1.62. The number of hydrogen-bond acceptors (Lipinski definition) is 4. The molecular weight excluding hydrogens is 173 g/mol. The minimum Gasteiger partial charge on any atom is -0.339 e. The van der Waals surface area contributed by atoms with E-state index >= 15 is 0 Å². The normalized spacial score (nSPS) is 10.2. The van der Waals surface area contributed by atoms with Crippen molar-refractivity contribution in [2.75, 3.05) is 0 Å². The smallest absolute Gasteiger partial charge is 0.248 e. The number of hydrogen-bond donors (Lipinski definition) is 2. The molecule has 6 heteroatoms. The Morgan fingerprint density at radius 1 is 1.90 bits per heavy atom. The first-order valence-electron chi connectivity index (χ1n) is 2.14. The molecule has 0 heterocycles. The van der Waals surface area contributed by atoms with Crippen LogP contribution in [0.2, 0.25) is 0 Å². The molecule has 0 saturated heterocycles. The maximum atomic E-state index is 9.90. The summed E-state index contributed by atoms with van der Waals surface area (Å²) in [5.41, 5.74) is 0. The molecule has 0 aliphatic heterocycles. The lowest BCUT2D eigenvalue weighted by atomic mass is 10.8. The number of isocyanates is 1. The third kappa shape index (κ3) is 25.4. The van der Waals surface area contributed by atoms with Crippen molar-refractivity contribution in [1.82, 2.24) is 0 Å². The molecule has 1 unspecified atom stereocenters. The Kier molecular flexibility index (Phi) is 10.7. The van der Waals surface area contributed by atoms with Crippen LogP contribution in [0.4, 0.5) is 0 Å². The summed E-state index contributed by atoms with van der Waals surface area (Å²) < 4.78 is 9.90. The molecule has 2 N–H and O–H groups in total. The van der Waals surface area contributed by atoms with Crippen LogP contribution in [0.5, 0.6) is 0 Å². The van der Waals surface area contributed by atoms with Crippen molar-refractivity contribution in [1.29, 1.82) is 5.41 Å². The molecule has 0 rings (SSSR count). The van der Waals surface area contributed by atoms with Crippen LogP contribution >= 0.6 is 18.6 Å². The minimum absolute atomic E-state index is 0.686. The van der Waals surface area contributed by atoms with Gasteiger partial charge in [-0.2, -0.15) is 0 Å². The standard InChI is InChI=1S/C3H7O2PS.CHNO/c1-3(2)7-6(4)5;2-1-3/h6H,1H2,2H3,(H,4,5);2H. The summed E-state index contributed by atoms with van der Waals surface area (Å²) in [6.45, 7) is 5.12. The van der Waals surface area contributed by atoms with E-state index in [9.17, 15) is 4.57 Å². The second kappa shape index (κ2) is 8.66. The monoisotopic (exact) mass is 181 g/mol. The third-order valence-electron chi connectivity index (χ3n) is 0.262. The third-order valence-corrected chi connectivity index (χ3v) is 2.35. The highest BCUT2D eigenvalue weighted by Crippen LogP contribution is 2.37. The van der Waals surface area contributed by atoms with Gasteiger partial charge in [-0.25, -0.2) is 10.2 Å². The lowest BCUT2D eigenvalue weighted by Crippen LogP contribution is -1.51. The van der Waals surface area contributed by atoms with Crippen LogP contribution in [0.15, 0.2) is 11.5 Å². The van der Waals surface area contributed by atoms with Crippen molar-refractivity contribution in [2.45, 2.75) is 6.92 Å². The zero-order chi connectivity index (χ0) is 8.57. The van der Waals surface area contributed by atoms with E-state index in [1.165, 1.54) is 0 Å². The maximum absolute atomic E-state index is 9.90. The predicted molar refractivity (Wildman–Crippen MR) is 42.0 cm³/mol. The van der Waals surface area contributed by atoms with Crippen LogP contribution in [-0.4, -0.2) is 11.0 Å². The van der Waals surface area contributed by atoms with Gasteiger partial charge in [0.1, 0.15) is 0 Å². The summed E-state index contributed by atoms with van der Waals surface area (Å²) >= 11 is 0.917. The molecule has 0 spiro atoms. The maximum Gasteiger partial charge on any atom is 0.248 e. The van der Waals surface area contributed by atoms with Crippen LogP contribution in [0, 0.1) is 5.41 Å². The van der Waals surface area contributed by atoms with E-state index < -0.39 is 7.23 Å². The van der Waals surface area contributed by atoms with Crippen molar-refractivity contribution < 1.29 is 14.3 Å². The molecule has 0 aromatic carbocycles. The molecule has 0 radical (unpaired) electrons. The SMILES string of the molecule is C=C(C)S[PH](=O)O.N=C=O. The topological polar surface area (TPSA) is 78.2 Å². The lowest BCUT2D eigenvalue weighted by Gasteiger charge is -1.87. The lowest BCUT2D eigenvalue weighted by molar-refractivity contribution is 0.519. The Morgan fingerprint density at radius 2 is 2.20 bits per heavy atom. The van der Waals surface area contributed by atoms with Gasteiger partial charge in [0.25, 0.3) is 0 Å². The van der Waals surface area contributed by atoms with Crippen LogP contribution in [-0.2, 0) is 9.36 Å². The van der Waals surface area contributed by atoms with E-state index in [1.54, 1.807) is 6.92 Å². The van der Waals surface area contributed by atoms with Gasteiger partial charge in [0.15, 0.2) is 0 Å². The summed E-state index contributed by atoms with van der Waals surface area (Å²) in [5.74, 6) is 0. The van der Waals surface area contributed by atoms with Gasteiger partial charge in [-0.05, 0) is 23.2 Å². The highest BCUT2D eigenvalue weighted by atomic mass is 32.7. The number of carbonyl (C=O) groups excluding carboxylic acids is 1. The van der Waals surface area contributed by atoms with Crippen LogP contribution in [0.1, 0.15) is 6.92 Å². The number of rotatable bonds is 2. The first kappa shape index (κ1) is 12.3. The first-order chi connectivity index (χ1) is 4.54. The second-order valence-electron chi connectivity index (χ2n) is 1.17. The van der Waals surface area contributed by atoms with Gasteiger partial charge in [-0.3, -0.25) is 4.57 Å². The van der Waals surface area contributed by atoms with Gasteiger partial charge in [-0.1, -0.05) is 6.58 Å². The molecule has 58 valence electrons. The molecule has 0 aliphatic rings. The Morgan fingerprint density at radius 3 is 2.20 bits per heavy atom. The zero-order valence-corrected chi connectivity index (χ0v) is 7.20. The zero-order valence-electron chi connectivity index (χ0n) is 5.38. The quantitative estimate of drug-likeness (QED) is 0.384. The molecule has 0 aromatic rings. The van der Waals surface area contributed by atoms with Gasteiger partial charge < -0.3 is 4.89 Å². The van der Waals surface area contributed by atoms with E-state index in [-0.39, 0.29) is 0 Å². The Hall–Kier alpha value is -0.340. The van der Waals surface area contributed by atoms with E-state index in [0.717, 1.165) is 17.5 Å². The molecule has 0 amide bonds. The summed E-state index contributed by atoms with van der Waals surface area (Å²) in [4.78, 5) is 17.2. The van der Waals surface area contributed by atoms with Gasteiger partial charge in [0.05, 0.1) is 0 Å². The molecule has 0 aromatic heterocycles. The van der Waals surface area contributed by atoms with Gasteiger partial charge in [-0.15, -0.1) is 0 Å². The van der Waals surface area contributed by atoms with Gasteiger partial charge in [0.2, 0.25) is 13.3 Å². The minimum atomic E-state index is -2.37. The fourth-order valence-corrected chi connectivity index (χ4v) is 1.34. The number of nitrogens with one attached hydrogen (secondary N) is 1.